The van der Waals surface area contributed by atoms with Crippen LogP contribution in [-0.2, 0) is 9.53 Å². The molecule has 6 nitrogen and oxygen atoms in total. The number of rotatable bonds is 5. The molecule has 0 aliphatic rings. The number of para-hydroxylation sites is 3. The largest absolute Gasteiger partial charge is 0.495 e. The average Bonchev–Trinajstić information content (AvgIpc) is 2.57. The zero-order chi connectivity index (χ0) is 17.7. The molecule has 126 valence electrons. The lowest BCUT2D eigenvalue weighted by molar-refractivity contribution is -0.123. The minimum atomic E-state index is -0.984. The highest BCUT2D eigenvalue weighted by Gasteiger charge is 2.21. The molecule has 6 heteroatoms. The number of anilines is 2. The van der Waals surface area contributed by atoms with E-state index < -0.39 is 18.0 Å². The summed E-state index contributed by atoms with van der Waals surface area (Å²) in [6, 6.07) is 12.0. The van der Waals surface area contributed by atoms with Crippen LogP contribution in [-0.4, -0.2) is 25.1 Å². The molecule has 0 saturated carbocycles. The summed E-state index contributed by atoms with van der Waals surface area (Å²) in [6.07, 6.45) is -0.984. The Labute approximate surface area is 140 Å². The fourth-order valence-corrected chi connectivity index (χ4v) is 2.12. The first kappa shape index (κ1) is 17.3. The summed E-state index contributed by atoms with van der Waals surface area (Å²) < 4.78 is 10.4. The summed E-state index contributed by atoms with van der Waals surface area (Å²) >= 11 is 0. The van der Waals surface area contributed by atoms with Crippen molar-refractivity contribution in [3.63, 3.8) is 0 Å². The molecule has 0 aromatic heterocycles. The molecule has 0 aliphatic carbocycles. The lowest BCUT2D eigenvalue weighted by Gasteiger charge is -2.16. The maximum atomic E-state index is 12.2. The second-order valence-electron chi connectivity index (χ2n) is 5.27. The van der Waals surface area contributed by atoms with Crippen molar-refractivity contribution in [2.24, 2.45) is 0 Å². The number of carbonyl (C=O) groups excluding carboxylic acids is 2. The molecule has 1 atom stereocenters. The molecule has 3 N–H and O–H groups in total. The van der Waals surface area contributed by atoms with Gasteiger partial charge in [-0.1, -0.05) is 24.3 Å². The molecular formula is C18H20N2O4. The number of hydrogen-bond acceptors (Lipinski definition) is 5. The molecular weight excluding hydrogens is 308 g/mol. The van der Waals surface area contributed by atoms with Crippen LogP contribution >= 0.6 is 0 Å². The zero-order valence-electron chi connectivity index (χ0n) is 13.8. The van der Waals surface area contributed by atoms with Crippen molar-refractivity contribution in [3.05, 3.63) is 53.6 Å². The predicted molar refractivity (Wildman–Crippen MR) is 92.1 cm³/mol. The van der Waals surface area contributed by atoms with E-state index in [0.29, 0.717) is 17.1 Å². The van der Waals surface area contributed by atoms with Crippen LogP contribution in [0.2, 0.25) is 0 Å². The van der Waals surface area contributed by atoms with E-state index in [4.69, 9.17) is 15.2 Å². The van der Waals surface area contributed by atoms with Gasteiger partial charge in [-0.2, -0.15) is 0 Å². The van der Waals surface area contributed by atoms with Crippen LogP contribution in [0.3, 0.4) is 0 Å². The minimum Gasteiger partial charge on any atom is -0.495 e. The van der Waals surface area contributed by atoms with Gasteiger partial charge in [0.15, 0.2) is 6.10 Å². The molecule has 0 saturated heterocycles. The van der Waals surface area contributed by atoms with Crippen molar-refractivity contribution in [1.82, 2.24) is 0 Å². The highest BCUT2D eigenvalue weighted by atomic mass is 16.5. The first-order valence-electron chi connectivity index (χ1n) is 7.44. The van der Waals surface area contributed by atoms with Crippen LogP contribution in [0.25, 0.3) is 0 Å². The Kier molecular flexibility index (Phi) is 5.42. The van der Waals surface area contributed by atoms with Crippen molar-refractivity contribution >= 4 is 23.3 Å². The Hall–Kier alpha value is -3.02. The summed E-state index contributed by atoms with van der Waals surface area (Å²) in [5.41, 5.74) is 7.74. The van der Waals surface area contributed by atoms with Gasteiger partial charge in [0.05, 0.1) is 18.4 Å². The fourth-order valence-electron chi connectivity index (χ4n) is 2.12. The van der Waals surface area contributed by atoms with E-state index in [-0.39, 0.29) is 5.56 Å². The quantitative estimate of drug-likeness (QED) is 0.650. The van der Waals surface area contributed by atoms with Gasteiger partial charge in [-0.15, -0.1) is 0 Å². The second kappa shape index (κ2) is 7.50. The number of ether oxygens (including phenoxy) is 2. The van der Waals surface area contributed by atoms with E-state index in [1.807, 2.05) is 0 Å². The number of amides is 1. The van der Waals surface area contributed by atoms with Gasteiger partial charge in [-0.05, 0) is 37.6 Å². The van der Waals surface area contributed by atoms with Crippen molar-refractivity contribution in [2.75, 3.05) is 18.2 Å². The second-order valence-corrected chi connectivity index (χ2v) is 5.27. The number of aryl methyl sites for hydroxylation is 1. The Bertz CT molecular complexity index is 758. The molecule has 0 heterocycles. The molecule has 2 rings (SSSR count). The number of hydrogen-bond donors (Lipinski definition) is 2. The SMILES string of the molecule is COc1ccccc1NC(=O)[C@@H](C)OC(=O)c1cccc(C)c1N. The van der Waals surface area contributed by atoms with Gasteiger partial charge in [0.25, 0.3) is 5.91 Å². The Morgan fingerprint density at radius 2 is 1.83 bits per heavy atom. The van der Waals surface area contributed by atoms with Gasteiger partial charge in [0.1, 0.15) is 5.75 Å². The zero-order valence-corrected chi connectivity index (χ0v) is 13.8. The van der Waals surface area contributed by atoms with Crippen LogP contribution < -0.4 is 15.8 Å². The topological polar surface area (TPSA) is 90.6 Å². The summed E-state index contributed by atoms with van der Waals surface area (Å²) in [4.78, 5) is 24.4. The third-order valence-electron chi connectivity index (χ3n) is 3.56. The molecule has 0 spiro atoms. The molecule has 24 heavy (non-hydrogen) atoms. The molecule has 0 bridgehead atoms. The summed E-state index contributed by atoms with van der Waals surface area (Å²) in [6.45, 7) is 3.29. The van der Waals surface area contributed by atoms with E-state index in [9.17, 15) is 9.59 Å². The number of nitrogen functional groups attached to an aromatic ring is 1. The summed E-state index contributed by atoms with van der Waals surface area (Å²) in [7, 11) is 1.51. The summed E-state index contributed by atoms with van der Waals surface area (Å²) in [5.74, 6) is -0.578. The van der Waals surface area contributed by atoms with Crippen molar-refractivity contribution < 1.29 is 19.1 Å². The van der Waals surface area contributed by atoms with Crippen molar-refractivity contribution in [1.29, 1.82) is 0 Å². The van der Waals surface area contributed by atoms with Crippen molar-refractivity contribution in [2.45, 2.75) is 20.0 Å². The van der Waals surface area contributed by atoms with Gasteiger partial charge in [-0.3, -0.25) is 4.79 Å². The number of nitrogens with two attached hydrogens (primary N) is 1. The molecule has 1 amide bonds. The van der Waals surface area contributed by atoms with Gasteiger partial charge < -0.3 is 20.5 Å². The highest BCUT2D eigenvalue weighted by Crippen LogP contribution is 2.23. The van der Waals surface area contributed by atoms with Gasteiger partial charge in [0, 0.05) is 5.69 Å². The smallest absolute Gasteiger partial charge is 0.341 e. The maximum absolute atomic E-state index is 12.2. The van der Waals surface area contributed by atoms with E-state index in [1.54, 1.807) is 49.4 Å². The average molecular weight is 328 g/mol. The molecule has 0 aliphatic heterocycles. The standard InChI is InChI=1S/C18H20N2O4/c1-11-7-6-8-13(16(11)19)18(22)24-12(2)17(21)20-14-9-4-5-10-15(14)23-3/h4-10,12H,19H2,1-3H3,(H,20,21)/t12-/m1/s1. The van der Waals surface area contributed by atoms with Crippen molar-refractivity contribution in [3.8, 4) is 5.75 Å². The van der Waals surface area contributed by atoms with Crippen LogP contribution in [0.15, 0.2) is 42.5 Å². The predicted octanol–water partition coefficient (Wildman–Crippen LogP) is 2.77. The Morgan fingerprint density at radius 1 is 1.12 bits per heavy atom. The third-order valence-corrected chi connectivity index (χ3v) is 3.56. The van der Waals surface area contributed by atoms with Gasteiger partial charge >= 0.3 is 5.97 Å². The molecule has 0 radical (unpaired) electrons. The van der Waals surface area contributed by atoms with Crippen LogP contribution in [0.1, 0.15) is 22.8 Å². The van der Waals surface area contributed by atoms with Crippen LogP contribution in [0.4, 0.5) is 11.4 Å². The number of nitrogens with one attached hydrogen (secondary N) is 1. The monoisotopic (exact) mass is 328 g/mol. The molecule has 2 aromatic rings. The minimum absolute atomic E-state index is 0.243. The molecule has 2 aromatic carbocycles. The third kappa shape index (κ3) is 3.84. The summed E-state index contributed by atoms with van der Waals surface area (Å²) in [5, 5.41) is 2.67. The van der Waals surface area contributed by atoms with Gasteiger partial charge in [0.2, 0.25) is 0 Å². The fraction of sp³-hybridized carbons (Fsp3) is 0.222. The van der Waals surface area contributed by atoms with E-state index >= 15 is 0 Å². The van der Waals surface area contributed by atoms with Crippen LogP contribution in [0.5, 0.6) is 5.75 Å². The number of methoxy groups -OCH3 is 1. The van der Waals surface area contributed by atoms with Crippen LogP contribution in [0, 0.1) is 6.92 Å². The lowest BCUT2D eigenvalue weighted by Crippen LogP contribution is -2.30. The highest BCUT2D eigenvalue weighted by molar-refractivity contribution is 6.00. The lowest BCUT2D eigenvalue weighted by atomic mass is 10.1. The number of esters is 1. The Balaban J connectivity index is 2.06. The number of carbonyl (C=O) groups is 2. The maximum Gasteiger partial charge on any atom is 0.341 e. The van der Waals surface area contributed by atoms with E-state index in [2.05, 4.69) is 5.32 Å². The van der Waals surface area contributed by atoms with E-state index in [1.165, 1.54) is 14.0 Å². The van der Waals surface area contributed by atoms with Gasteiger partial charge in [-0.25, -0.2) is 4.79 Å². The first-order chi connectivity index (χ1) is 11.4. The first-order valence-corrected chi connectivity index (χ1v) is 7.44. The number of benzene rings is 2. The van der Waals surface area contributed by atoms with E-state index in [0.717, 1.165) is 5.56 Å². The molecule has 0 fully saturated rings. The Morgan fingerprint density at radius 3 is 2.54 bits per heavy atom. The normalized spacial score (nSPS) is 11.5. The molecule has 0 unspecified atom stereocenters.